The molecule has 0 bridgehead atoms. The van der Waals surface area contributed by atoms with E-state index in [-0.39, 0.29) is 22.8 Å². The van der Waals surface area contributed by atoms with Gasteiger partial charge in [-0.3, -0.25) is 4.79 Å². The van der Waals surface area contributed by atoms with E-state index in [1.165, 1.54) is 30.3 Å². The highest BCUT2D eigenvalue weighted by Crippen LogP contribution is 2.67. The van der Waals surface area contributed by atoms with Crippen molar-refractivity contribution in [3.8, 4) is 0 Å². The Hall–Kier alpha value is -1.84. The van der Waals surface area contributed by atoms with Crippen LogP contribution >= 0.6 is 0 Å². The molecule has 0 radical (unpaired) electrons. The van der Waals surface area contributed by atoms with Gasteiger partial charge in [0.2, 0.25) is 5.91 Å². The van der Waals surface area contributed by atoms with Gasteiger partial charge in [-0.2, -0.15) is 0 Å². The second-order valence-corrected chi connectivity index (χ2v) is 10.8. The first kappa shape index (κ1) is 18.2. The number of hydrogen-bond donors (Lipinski definition) is 2. The molecule has 1 aromatic carbocycles. The van der Waals surface area contributed by atoms with Gasteiger partial charge in [0.1, 0.15) is 0 Å². The minimum atomic E-state index is 0.108. The Labute approximate surface area is 167 Å². The first-order chi connectivity index (χ1) is 13.2. The average Bonchev–Trinajstić information content (AvgIpc) is 3.20. The molecule has 1 aromatic heterocycles. The zero-order valence-corrected chi connectivity index (χ0v) is 17.9. The maximum Gasteiger partial charge on any atom is 0.217 e. The molecular weight excluding hydrogens is 346 g/mol. The lowest BCUT2D eigenvalue weighted by Crippen LogP contribution is -2.61. The molecule has 3 aliphatic carbocycles. The fraction of sp³-hybridized carbons (Fsp3) is 0.667. The van der Waals surface area contributed by atoms with Crippen molar-refractivity contribution in [1.29, 1.82) is 0 Å². The zero-order valence-electron chi connectivity index (χ0n) is 17.9. The van der Waals surface area contributed by atoms with E-state index in [0.29, 0.717) is 17.3 Å². The molecule has 0 saturated heterocycles. The Morgan fingerprint density at radius 3 is 2.68 bits per heavy atom. The summed E-state index contributed by atoms with van der Waals surface area (Å²) in [5.74, 6) is 1.39. The van der Waals surface area contributed by atoms with Gasteiger partial charge < -0.3 is 10.3 Å². The van der Waals surface area contributed by atoms with Gasteiger partial charge in [0.15, 0.2) is 0 Å². The van der Waals surface area contributed by atoms with Crippen LogP contribution in [-0.4, -0.2) is 21.9 Å². The van der Waals surface area contributed by atoms with Gasteiger partial charge in [-0.1, -0.05) is 33.8 Å². The summed E-state index contributed by atoms with van der Waals surface area (Å²) in [6.45, 7) is 11.5. The number of H-pyrrole nitrogens is 1. The summed E-state index contributed by atoms with van der Waals surface area (Å²) in [6.07, 6.45) is 7.73. The molecule has 5 rings (SSSR count). The van der Waals surface area contributed by atoms with Crippen LogP contribution in [0.25, 0.3) is 11.0 Å². The van der Waals surface area contributed by atoms with Crippen LogP contribution < -0.4 is 5.32 Å². The van der Waals surface area contributed by atoms with Crippen molar-refractivity contribution in [3.63, 3.8) is 0 Å². The maximum atomic E-state index is 11.8. The predicted octanol–water partition coefficient (Wildman–Crippen LogP) is 4.73. The minimum absolute atomic E-state index is 0.108. The third-order valence-electron chi connectivity index (χ3n) is 9.18. The Balaban J connectivity index is 1.57. The number of carbonyl (C=O) groups excluding carboxylic acids is 1. The second kappa shape index (κ2) is 5.61. The molecule has 150 valence electrons. The molecule has 1 amide bonds. The Bertz CT molecular complexity index is 960. The van der Waals surface area contributed by atoms with Gasteiger partial charge in [0.05, 0.1) is 17.4 Å². The van der Waals surface area contributed by atoms with Crippen LogP contribution in [0, 0.1) is 22.7 Å². The van der Waals surface area contributed by atoms with Crippen LogP contribution in [0.1, 0.15) is 71.4 Å². The fourth-order valence-electron chi connectivity index (χ4n) is 7.86. The van der Waals surface area contributed by atoms with Gasteiger partial charge in [-0.05, 0) is 77.4 Å². The number of nitrogens with zero attached hydrogens (tertiary/aromatic N) is 1. The largest absolute Gasteiger partial charge is 0.353 e. The summed E-state index contributed by atoms with van der Waals surface area (Å²) >= 11 is 0. The zero-order chi connectivity index (χ0) is 19.9. The van der Waals surface area contributed by atoms with E-state index < -0.39 is 0 Å². The lowest BCUT2D eigenvalue weighted by molar-refractivity contribution is -0.131. The summed E-state index contributed by atoms with van der Waals surface area (Å²) in [5.41, 5.74) is 6.03. The molecule has 5 unspecified atom stereocenters. The fourth-order valence-corrected chi connectivity index (χ4v) is 7.86. The van der Waals surface area contributed by atoms with Crippen LogP contribution in [0.4, 0.5) is 0 Å². The normalized spacial score (nSPS) is 38.5. The molecule has 3 aliphatic rings. The van der Waals surface area contributed by atoms with Gasteiger partial charge in [0, 0.05) is 13.0 Å². The summed E-state index contributed by atoms with van der Waals surface area (Å²) in [5, 5.41) is 3.28. The summed E-state index contributed by atoms with van der Waals surface area (Å²) in [6, 6.07) is 4.88. The van der Waals surface area contributed by atoms with Gasteiger partial charge in [-0.25, -0.2) is 4.98 Å². The van der Waals surface area contributed by atoms with Crippen LogP contribution in [0.15, 0.2) is 18.5 Å². The van der Waals surface area contributed by atoms with Gasteiger partial charge in [0.25, 0.3) is 0 Å². The molecule has 2 saturated carbocycles. The number of aromatic amines is 1. The SMILES string of the molecule is CC(=O)NC1CCC2(C)C3Cc4c(ccc5[nH]cnc45)C3(C)CCC2C1(C)C. The molecule has 2 fully saturated rings. The molecular formula is C24H33N3O. The maximum absolute atomic E-state index is 11.8. The highest BCUT2D eigenvalue weighted by atomic mass is 16.1. The van der Waals surface area contributed by atoms with Gasteiger partial charge in [-0.15, -0.1) is 0 Å². The number of amides is 1. The predicted molar refractivity (Wildman–Crippen MR) is 112 cm³/mol. The molecule has 2 aromatic rings. The lowest BCUT2D eigenvalue weighted by atomic mass is 9.42. The summed E-state index contributed by atoms with van der Waals surface area (Å²) < 4.78 is 0. The van der Waals surface area contributed by atoms with Crippen LogP contribution in [0.5, 0.6) is 0 Å². The number of carbonyl (C=O) groups is 1. The summed E-state index contributed by atoms with van der Waals surface area (Å²) in [7, 11) is 0. The highest BCUT2D eigenvalue weighted by Gasteiger charge is 2.63. The van der Waals surface area contributed by atoms with Gasteiger partial charge >= 0.3 is 0 Å². The molecule has 4 heteroatoms. The molecule has 28 heavy (non-hydrogen) atoms. The van der Waals surface area contributed by atoms with Crippen molar-refractivity contribution >= 4 is 16.9 Å². The quantitative estimate of drug-likeness (QED) is 0.752. The van der Waals surface area contributed by atoms with E-state index in [0.717, 1.165) is 18.4 Å². The number of rotatable bonds is 1. The Morgan fingerprint density at radius 1 is 1.14 bits per heavy atom. The van der Waals surface area contributed by atoms with Crippen molar-refractivity contribution in [1.82, 2.24) is 15.3 Å². The first-order valence-electron chi connectivity index (χ1n) is 10.9. The number of aromatic nitrogens is 2. The lowest BCUT2D eigenvalue weighted by Gasteiger charge is -2.63. The second-order valence-electron chi connectivity index (χ2n) is 10.8. The number of hydrogen-bond acceptors (Lipinski definition) is 2. The van der Waals surface area contributed by atoms with Crippen molar-refractivity contribution in [3.05, 3.63) is 29.6 Å². The standard InChI is InChI=1S/C24H33N3O/c1-14(28)27-20-9-11-24(5)18(22(20,2)3)8-10-23(4)16-6-7-17-21(26-13-25-17)15(16)12-19(23)24/h6-7,13,18-20H,8-12H2,1-5H3,(H,25,26)(H,27,28). The van der Waals surface area contributed by atoms with E-state index >= 15 is 0 Å². The van der Waals surface area contributed by atoms with Crippen molar-refractivity contribution < 1.29 is 4.79 Å². The monoisotopic (exact) mass is 379 g/mol. The minimum Gasteiger partial charge on any atom is -0.353 e. The summed E-state index contributed by atoms with van der Waals surface area (Å²) in [4.78, 5) is 19.8. The molecule has 0 aliphatic heterocycles. The topological polar surface area (TPSA) is 57.8 Å². The highest BCUT2D eigenvalue weighted by molar-refractivity contribution is 5.81. The van der Waals surface area contributed by atoms with E-state index in [1.54, 1.807) is 12.5 Å². The van der Waals surface area contributed by atoms with Crippen molar-refractivity contribution in [2.24, 2.45) is 22.7 Å². The molecule has 1 heterocycles. The van der Waals surface area contributed by atoms with Crippen molar-refractivity contribution in [2.45, 2.75) is 78.2 Å². The average molecular weight is 380 g/mol. The van der Waals surface area contributed by atoms with E-state index in [9.17, 15) is 4.79 Å². The van der Waals surface area contributed by atoms with Crippen molar-refractivity contribution in [2.75, 3.05) is 0 Å². The molecule has 4 nitrogen and oxygen atoms in total. The Kier molecular flexibility index (Phi) is 3.65. The smallest absolute Gasteiger partial charge is 0.217 e. The molecule has 2 N–H and O–H groups in total. The number of imidazole rings is 1. The molecule has 5 atom stereocenters. The first-order valence-corrected chi connectivity index (χ1v) is 10.9. The van der Waals surface area contributed by atoms with E-state index in [4.69, 9.17) is 0 Å². The number of fused-ring (bicyclic) bond motifs is 7. The van der Waals surface area contributed by atoms with Crippen LogP contribution in [-0.2, 0) is 16.6 Å². The number of benzene rings is 1. The van der Waals surface area contributed by atoms with E-state index in [1.807, 2.05) is 6.33 Å². The van der Waals surface area contributed by atoms with Crippen LogP contribution in [0.2, 0.25) is 0 Å². The third kappa shape index (κ3) is 2.18. The van der Waals surface area contributed by atoms with E-state index in [2.05, 4.69) is 55.1 Å². The Morgan fingerprint density at radius 2 is 1.93 bits per heavy atom. The number of nitrogens with one attached hydrogen (secondary N) is 2. The molecule has 0 spiro atoms. The van der Waals surface area contributed by atoms with Crippen LogP contribution in [0.3, 0.4) is 0 Å². The third-order valence-corrected chi connectivity index (χ3v) is 9.18.